The van der Waals surface area contributed by atoms with Crippen molar-refractivity contribution in [2.45, 2.75) is 31.5 Å². The Hall–Kier alpha value is -1.60. The minimum atomic E-state index is -4.39. The van der Waals surface area contributed by atoms with Crippen molar-refractivity contribution in [3.63, 3.8) is 0 Å². The van der Waals surface area contributed by atoms with Gasteiger partial charge in [0.1, 0.15) is 0 Å². The number of amides is 1. The summed E-state index contributed by atoms with van der Waals surface area (Å²) in [6.07, 6.45) is -4.72. The number of methoxy groups -OCH3 is 1. The van der Waals surface area contributed by atoms with Crippen LogP contribution >= 0.6 is 0 Å². The van der Waals surface area contributed by atoms with Crippen LogP contribution in [-0.4, -0.2) is 49.3 Å². The first-order valence-electron chi connectivity index (χ1n) is 7.47. The molecule has 23 heavy (non-hydrogen) atoms. The maximum Gasteiger partial charge on any atom is 0.417 e. The summed E-state index contributed by atoms with van der Waals surface area (Å²) in [5.41, 5.74) is -0.429. The zero-order chi connectivity index (χ0) is 17.1. The number of para-hydroxylation sites is 1. The van der Waals surface area contributed by atoms with E-state index in [9.17, 15) is 18.0 Å². The Balaban J connectivity index is 1.89. The van der Waals surface area contributed by atoms with E-state index in [4.69, 9.17) is 4.74 Å². The van der Waals surface area contributed by atoms with E-state index in [-0.39, 0.29) is 38.4 Å². The van der Waals surface area contributed by atoms with Crippen molar-refractivity contribution < 1.29 is 22.7 Å². The first kappa shape index (κ1) is 17.7. The fourth-order valence-corrected chi connectivity index (χ4v) is 2.78. The Labute approximate surface area is 133 Å². The van der Waals surface area contributed by atoms with Crippen LogP contribution in [0.3, 0.4) is 0 Å². The van der Waals surface area contributed by atoms with Gasteiger partial charge in [0.15, 0.2) is 5.60 Å². The first-order valence-corrected chi connectivity index (χ1v) is 7.47. The van der Waals surface area contributed by atoms with Crippen molar-refractivity contribution >= 4 is 11.6 Å². The number of rotatable bonds is 4. The Bertz CT molecular complexity index is 553. The molecule has 1 aromatic rings. The van der Waals surface area contributed by atoms with Crippen molar-refractivity contribution in [3.8, 4) is 0 Å². The summed E-state index contributed by atoms with van der Waals surface area (Å²) < 4.78 is 44.0. The minimum absolute atomic E-state index is 0.0754. The monoisotopic (exact) mass is 330 g/mol. The largest absolute Gasteiger partial charge is 0.417 e. The van der Waals surface area contributed by atoms with E-state index in [0.29, 0.717) is 0 Å². The van der Waals surface area contributed by atoms with Crippen LogP contribution in [0, 0.1) is 6.92 Å². The number of alkyl halides is 3. The number of piperidine rings is 1. The predicted molar refractivity (Wildman–Crippen MR) is 81.3 cm³/mol. The van der Waals surface area contributed by atoms with E-state index >= 15 is 0 Å². The standard InChI is InChI=1S/C16H21F3N2O2/c1-12-5-3-4-6-13(12)20-14(22)11-21-9-7-15(23-2,8-10-21)16(17,18)19/h3-6H,7-11H2,1-2H3,(H,20,22). The van der Waals surface area contributed by atoms with Crippen LogP contribution in [0.1, 0.15) is 18.4 Å². The highest BCUT2D eigenvalue weighted by atomic mass is 19.4. The van der Waals surface area contributed by atoms with Gasteiger partial charge in [0.2, 0.25) is 5.91 Å². The van der Waals surface area contributed by atoms with Gasteiger partial charge in [0, 0.05) is 25.9 Å². The summed E-state index contributed by atoms with van der Waals surface area (Å²) in [7, 11) is 1.09. The molecule has 1 aliphatic heterocycles. The number of carbonyl (C=O) groups excluding carboxylic acids is 1. The molecule has 0 saturated carbocycles. The molecule has 4 nitrogen and oxygen atoms in total. The highest BCUT2D eigenvalue weighted by molar-refractivity contribution is 5.92. The van der Waals surface area contributed by atoms with Crippen LogP contribution in [0.5, 0.6) is 0 Å². The third-order valence-corrected chi connectivity index (χ3v) is 4.36. The lowest BCUT2D eigenvalue weighted by molar-refractivity contribution is -0.282. The van der Waals surface area contributed by atoms with Crippen molar-refractivity contribution in [1.82, 2.24) is 4.90 Å². The quantitative estimate of drug-likeness (QED) is 0.923. The summed E-state index contributed by atoms with van der Waals surface area (Å²) >= 11 is 0. The second kappa shape index (κ2) is 6.88. The van der Waals surface area contributed by atoms with Crippen LogP contribution in [0.15, 0.2) is 24.3 Å². The molecule has 0 atom stereocenters. The molecule has 2 rings (SSSR count). The van der Waals surface area contributed by atoms with E-state index in [1.54, 1.807) is 11.0 Å². The average molecular weight is 330 g/mol. The van der Waals surface area contributed by atoms with Gasteiger partial charge in [-0.15, -0.1) is 0 Å². The van der Waals surface area contributed by atoms with E-state index in [1.807, 2.05) is 25.1 Å². The van der Waals surface area contributed by atoms with Gasteiger partial charge < -0.3 is 10.1 Å². The highest BCUT2D eigenvalue weighted by Crippen LogP contribution is 2.41. The number of carbonyl (C=O) groups is 1. The number of halogens is 3. The summed E-state index contributed by atoms with van der Waals surface area (Å²) in [6, 6.07) is 7.37. The number of hydrogen-bond acceptors (Lipinski definition) is 3. The van der Waals surface area contributed by atoms with Crippen LogP contribution in [-0.2, 0) is 9.53 Å². The molecule has 0 radical (unpaired) electrons. The zero-order valence-corrected chi connectivity index (χ0v) is 13.2. The molecule has 1 aliphatic rings. The second-order valence-electron chi connectivity index (χ2n) is 5.84. The van der Waals surface area contributed by atoms with E-state index in [2.05, 4.69) is 5.32 Å². The normalized spacial score (nSPS) is 18.7. The lowest BCUT2D eigenvalue weighted by Gasteiger charge is -2.41. The van der Waals surface area contributed by atoms with E-state index in [0.717, 1.165) is 18.4 Å². The van der Waals surface area contributed by atoms with E-state index in [1.165, 1.54) is 0 Å². The maximum atomic E-state index is 13.1. The van der Waals surface area contributed by atoms with Gasteiger partial charge in [-0.3, -0.25) is 9.69 Å². The molecule has 1 heterocycles. The van der Waals surface area contributed by atoms with Crippen molar-refractivity contribution in [2.24, 2.45) is 0 Å². The van der Waals surface area contributed by atoms with Gasteiger partial charge in [-0.05, 0) is 31.4 Å². The zero-order valence-electron chi connectivity index (χ0n) is 13.2. The number of ether oxygens (including phenoxy) is 1. The number of likely N-dealkylation sites (tertiary alicyclic amines) is 1. The molecule has 0 aromatic heterocycles. The predicted octanol–water partition coefficient (Wildman–Crippen LogP) is 2.98. The molecule has 0 unspecified atom stereocenters. The molecule has 1 saturated heterocycles. The second-order valence-corrected chi connectivity index (χ2v) is 5.84. The fraction of sp³-hybridized carbons (Fsp3) is 0.562. The molecular formula is C16H21F3N2O2. The molecule has 1 fully saturated rings. The number of nitrogens with one attached hydrogen (secondary N) is 1. The molecule has 7 heteroatoms. The van der Waals surface area contributed by atoms with Crippen molar-refractivity contribution in [3.05, 3.63) is 29.8 Å². The number of hydrogen-bond donors (Lipinski definition) is 1. The molecule has 1 amide bonds. The van der Waals surface area contributed by atoms with Gasteiger partial charge in [-0.1, -0.05) is 18.2 Å². The summed E-state index contributed by atoms with van der Waals surface area (Å²) in [6.45, 7) is 2.31. The molecule has 1 aromatic carbocycles. The summed E-state index contributed by atoms with van der Waals surface area (Å²) in [5, 5.41) is 2.79. The lowest BCUT2D eigenvalue weighted by Crippen LogP contribution is -2.55. The lowest BCUT2D eigenvalue weighted by atomic mass is 9.90. The third kappa shape index (κ3) is 4.03. The fourth-order valence-electron chi connectivity index (χ4n) is 2.78. The summed E-state index contributed by atoms with van der Waals surface area (Å²) in [4.78, 5) is 13.8. The average Bonchev–Trinajstić information content (AvgIpc) is 2.49. The van der Waals surface area contributed by atoms with Crippen LogP contribution < -0.4 is 5.32 Å². The van der Waals surface area contributed by atoms with Crippen LogP contribution in [0.2, 0.25) is 0 Å². The molecule has 0 bridgehead atoms. The number of nitrogens with zero attached hydrogens (tertiary/aromatic N) is 1. The highest BCUT2D eigenvalue weighted by Gasteiger charge is 2.56. The Morgan fingerprint density at radius 2 is 1.91 bits per heavy atom. The molecule has 0 aliphatic carbocycles. The number of anilines is 1. The maximum absolute atomic E-state index is 13.1. The topological polar surface area (TPSA) is 41.6 Å². The van der Waals surface area contributed by atoms with E-state index < -0.39 is 11.8 Å². The Morgan fingerprint density at radius 1 is 1.30 bits per heavy atom. The van der Waals surface area contributed by atoms with Gasteiger partial charge >= 0.3 is 6.18 Å². The van der Waals surface area contributed by atoms with Crippen LogP contribution in [0.25, 0.3) is 0 Å². The number of aryl methyl sites for hydroxylation is 1. The van der Waals surface area contributed by atoms with Gasteiger partial charge in [0.05, 0.1) is 6.54 Å². The smallest absolute Gasteiger partial charge is 0.369 e. The first-order chi connectivity index (χ1) is 10.8. The van der Waals surface area contributed by atoms with Gasteiger partial charge in [0.25, 0.3) is 0 Å². The van der Waals surface area contributed by atoms with Crippen molar-refractivity contribution in [1.29, 1.82) is 0 Å². The van der Waals surface area contributed by atoms with Gasteiger partial charge in [-0.25, -0.2) is 0 Å². The molecular weight excluding hydrogens is 309 g/mol. The summed E-state index contributed by atoms with van der Waals surface area (Å²) in [5.74, 6) is -0.226. The number of benzene rings is 1. The molecule has 1 N–H and O–H groups in total. The van der Waals surface area contributed by atoms with Crippen molar-refractivity contribution in [2.75, 3.05) is 32.1 Å². The molecule has 128 valence electrons. The van der Waals surface area contributed by atoms with Crippen LogP contribution in [0.4, 0.5) is 18.9 Å². The van der Waals surface area contributed by atoms with Gasteiger partial charge in [-0.2, -0.15) is 13.2 Å². The molecule has 0 spiro atoms. The minimum Gasteiger partial charge on any atom is -0.369 e. The Kier molecular flexibility index (Phi) is 5.31. The Morgan fingerprint density at radius 3 is 2.43 bits per heavy atom. The third-order valence-electron chi connectivity index (χ3n) is 4.36. The SMILES string of the molecule is COC1(C(F)(F)F)CCN(CC(=O)Nc2ccccc2C)CC1.